The molecule has 6 aromatic rings. The number of nitrogens with two attached hydrogens (primary N) is 1. The number of para-hydroxylation sites is 1. The molecule has 0 atom stereocenters. The van der Waals surface area contributed by atoms with Gasteiger partial charge < -0.3 is 26.6 Å². The summed E-state index contributed by atoms with van der Waals surface area (Å²) in [6, 6.07) is 30.6. The Kier molecular flexibility index (Phi) is 9.35. The number of anilines is 5. The van der Waals surface area contributed by atoms with Gasteiger partial charge in [0.15, 0.2) is 5.75 Å². The summed E-state index contributed by atoms with van der Waals surface area (Å²) in [6.45, 7) is 0. The van der Waals surface area contributed by atoms with Gasteiger partial charge in [-0.05, 0) is 96.4 Å². The Balaban J connectivity index is 1.14. The number of hydrogen-bond acceptors (Lipinski definition) is 13. The third-order valence-electron chi connectivity index (χ3n) is 7.33. The lowest BCUT2D eigenvalue weighted by Crippen LogP contribution is -2.02. The second kappa shape index (κ2) is 13.8. The van der Waals surface area contributed by atoms with Gasteiger partial charge in [-0.1, -0.05) is 18.2 Å². The van der Waals surface area contributed by atoms with Gasteiger partial charge in [-0.3, -0.25) is 9.11 Å². The highest BCUT2D eigenvalue weighted by Crippen LogP contribution is 2.44. The van der Waals surface area contributed by atoms with Crippen molar-refractivity contribution in [3.63, 3.8) is 0 Å². The van der Waals surface area contributed by atoms with Gasteiger partial charge in [-0.15, -0.1) is 10.2 Å². The van der Waals surface area contributed by atoms with Crippen LogP contribution < -0.4 is 16.4 Å². The van der Waals surface area contributed by atoms with Crippen molar-refractivity contribution < 1.29 is 36.2 Å². The number of aromatic hydroxyl groups is 2. The van der Waals surface area contributed by atoms with Gasteiger partial charge in [-0.2, -0.15) is 27.1 Å². The van der Waals surface area contributed by atoms with Crippen molar-refractivity contribution in [2.45, 2.75) is 9.79 Å². The lowest BCUT2D eigenvalue weighted by atomic mass is 10.1. The second-order valence-electron chi connectivity index (χ2n) is 10.9. The average Bonchev–Trinajstić information content (AvgIpc) is 3.08. The second-order valence-corrected chi connectivity index (χ2v) is 13.8. The minimum absolute atomic E-state index is 0.0320. The molecule has 0 radical (unpaired) electrons. The van der Waals surface area contributed by atoms with E-state index in [1.807, 2.05) is 30.3 Å². The van der Waals surface area contributed by atoms with Gasteiger partial charge >= 0.3 is 0 Å². The Morgan fingerprint density at radius 3 is 1.69 bits per heavy atom. The number of rotatable bonds is 10. The highest BCUT2D eigenvalue weighted by atomic mass is 32.2. The third kappa shape index (κ3) is 8.09. The molecule has 51 heavy (non-hydrogen) atoms. The summed E-state index contributed by atoms with van der Waals surface area (Å²) in [5.74, 6) is -0.814. The van der Waals surface area contributed by atoms with E-state index in [2.05, 4.69) is 31.1 Å². The molecule has 0 unspecified atom stereocenters. The van der Waals surface area contributed by atoms with Gasteiger partial charge in [0.2, 0.25) is 0 Å². The standard InChI is InChI=1S/C34H27N7O8S2/c35-28-19-27(50(44,45)46)16-20-17-31(51(47,48)49)33(34(43)32(20)28)41-39-25-12-8-23(9-13-25)36-22-6-10-24(11-7-22)38-40-29-15-14-26(18-30(29)42)37-21-4-2-1-3-5-21/h1-19,36-37,42-43H,35H2,(H,44,45,46)(H,47,48,49). The maximum atomic E-state index is 12.2. The Hall–Kier alpha value is -6.40. The van der Waals surface area contributed by atoms with Crippen molar-refractivity contribution in [1.29, 1.82) is 0 Å². The first-order chi connectivity index (χ1) is 24.2. The number of benzene rings is 6. The van der Waals surface area contributed by atoms with E-state index >= 15 is 0 Å². The summed E-state index contributed by atoms with van der Waals surface area (Å²) in [5, 5.41) is 43.5. The first-order valence-electron chi connectivity index (χ1n) is 14.7. The number of nitrogen functional groups attached to an aromatic ring is 1. The summed E-state index contributed by atoms with van der Waals surface area (Å²) >= 11 is 0. The van der Waals surface area contributed by atoms with Crippen molar-refractivity contribution in [3.05, 3.63) is 115 Å². The van der Waals surface area contributed by atoms with E-state index in [0.29, 0.717) is 22.7 Å². The molecule has 8 N–H and O–H groups in total. The number of phenols is 2. The first kappa shape index (κ1) is 34.5. The monoisotopic (exact) mass is 725 g/mol. The number of azo groups is 2. The van der Waals surface area contributed by atoms with Crippen molar-refractivity contribution in [1.82, 2.24) is 0 Å². The first-order valence-corrected chi connectivity index (χ1v) is 17.6. The highest BCUT2D eigenvalue weighted by Gasteiger charge is 2.24. The fourth-order valence-corrected chi connectivity index (χ4v) is 6.13. The molecule has 0 aliphatic rings. The SMILES string of the molecule is Nc1cc(S(=O)(=O)O)cc2cc(S(=O)(=O)O)c(N=Nc3ccc(Nc4ccc(N=Nc5ccc(Nc6ccccc6)cc5O)cc4)cc3)c(O)c12. The molecular formula is C34H27N7O8S2. The van der Waals surface area contributed by atoms with Crippen molar-refractivity contribution in [3.8, 4) is 11.5 Å². The van der Waals surface area contributed by atoms with Crippen molar-refractivity contribution >= 4 is 82.2 Å². The van der Waals surface area contributed by atoms with Crippen LogP contribution in [-0.2, 0) is 20.2 Å². The molecule has 6 rings (SSSR count). The van der Waals surface area contributed by atoms with Crippen LogP contribution in [0.2, 0.25) is 0 Å². The molecule has 0 amide bonds. The van der Waals surface area contributed by atoms with Gasteiger partial charge in [0, 0.05) is 39.9 Å². The summed E-state index contributed by atoms with van der Waals surface area (Å²) in [6.07, 6.45) is 0. The number of fused-ring (bicyclic) bond motifs is 1. The van der Waals surface area contributed by atoms with Crippen LogP contribution in [0.15, 0.2) is 146 Å². The predicted octanol–water partition coefficient (Wildman–Crippen LogP) is 8.64. The molecule has 0 fully saturated rings. The fraction of sp³-hybridized carbons (Fsp3) is 0. The summed E-state index contributed by atoms with van der Waals surface area (Å²) in [7, 11) is -9.71. The number of hydrogen-bond donors (Lipinski definition) is 7. The summed E-state index contributed by atoms with van der Waals surface area (Å²) < 4.78 is 66.7. The van der Waals surface area contributed by atoms with Crippen LogP contribution in [0, 0.1) is 0 Å². The van der Waals surface area contributed by atoms with E-state index in [9.17, 15) is 36.2 Å². The van der Waals surface area contributed by atoms with Crippen LogP contribution in [-0.4, -0.2) is 36.2 Å². The highest BCUT2D eigenvalue weighted by molar-refractivity contribution is 7.86. The number of phenolic OH excluding ortho intramolecular Hbond substituents is 2. The molecule has 0 saturated carbocycles. The Morgan fingerprint density at radius 1 is 0.569 bits per heavy atom. The average molecular weight is 726 g/mol. The number of nitrogens with one attached hydrogen (secondary N) is 2. The van der Waals surface area contributed by atoms with E-state index in [4.69, 9.17) is 5.73 Å². The quantitative estimate of drug-likeness (QED) is 0.0400. The van der Waals surface area contributed by atoms with Crippen LogP contribution in [0.3, 0.4) is 0 Å². The van der Waals surface area contributed by atoms with Gasteiger partial charge in [0.1, 0.15) is 22.0 Å². The fourth-order valence-electron chi connectivity index (χ4n) is 4.92. The van der Waals surface area contributed by atoms with Crippen molar-refractivity contribution in [2.24, 2.45) is 20.5 Å². The summed E-state index contributed by atoms with van der Waals surface area (Å²) in [4.78, 5) is -1.51. The smallest absolute Gasteiger partial charge is 0.296 e. The van der Waals surface area contributed by atoms with Gasteiger partial charge in [-0.25, -0.2) is 0 Å². The molecule has 0 saturated heterocycles. The van der Waals surface area contributed by atoms with E-state index < -0.39 is 41.5 Å². The normalized spacial score (nSPS) is 12.1. The lowest BCUT2D eigenvalue weighted by Gasteiger charge is -2.12. The van der Waals surface area contributed by atoms with Gasteiger partial charge in [0.05, 0.1) is 16.3 Å². The van der Waals surface area contributed by atoms with E-state index in [0.717, 1.165) is 29.6 Å². The van der Waals surface area contributed by atoms with E-state index in [-0.39, 0.29) is 27.9 Å². The predicted molar refractivity (Wildman–Crippen MR) is 192 cm³/mol. The van der Waals surface area contributed by atoms with Crippen LogP contribution in [0.5, 0.6) is 11.5 Å². The van der Waals surface area contributed by atoms with Gasteiger partial charge in [0.25, 0.3) is 20.2 Å². The van der Waals surface area contributed by atoms with Crippen molar-refractivity contribution in [2.75, 3.05) is 16.4 Å². The van der Waals surface area contributed by atoms with E-state index in [1.54, 1.807) is 66.7 Å². The Morgan fingerprint density at radius 2 is 1.12 bits per heavy atom. The largest absolute Gasteiger partial charge is 0.506 e. The minimum Gasteiger partial charge on any atom is -0.506 e. The third-order valence-corrected chi connectivity index (χ3v) is 9.03. The van der Waals surface area contributed by atoms with Crippen LogP contribution in [0.25, 0.3) is 10.8 Å². The molecular weight excluding hydrogens is 699 g/mol. The zero-order valence-electron chi connectivity index (χ0n) is 26.1. The zero-order chi connectivity index (χ0) is 36.3. The molecule has 6 aromatic carbocycles. The molecule has 0 heterocycles. The summed E-state index contributed by atoms with van der Waals surface area (Å²) in [5.41, 5.74) is 9.02. The van der Waals surface area contributed by atoms with E-state index in [1.165, 1.54) is 0 Å². The topological polar surface area (TPSA) is 249 Å². The lowest BCUT2D eigenvalue weighted by molar-refractivity contribution is 0.472. The molecule has 15 nitrogen and oxygen atoms in total. The van der Waals surface area contributed by atoms with Crippen LogP contribution in [0.1, 0.15) is 0 Å². The zero-order valence-corrected chi connectivity index (χ0v) is 27.7. The molecule has 0 aromatic heterocycles. The minimum atomic E-state index is -4.99. The Labute approximate surface area is 291 Å². The molecule has 17 heteroatoms. The maximum absolute atomic E-state index is 12.2. The molecule has 0 spiro atoms. The molecule has 0 aliphatic carbocycles. The molecule has 0 aliphatic heterocycles. The van der Waals surface area contributed by atoms with Crippen LogP contribution in [0.4, 0.5) is 51.2 Å². The maximum Gasteiger partial charge on any atom is 0.296 e. The number of nitrogens with zero attached hydrogens (tertiary/aromatic N) is 4. The molecule has 0 bridgehead atoms. The Bertz CT molecular complexity index is 2550. The molecule has 258 valence electrons. The van der Waals surface area contributed by atoms with Crippen LogP contribution >= 0.6 is 0 Å².